The van der Waals surface area contributed by atoms with Gasteiger partial charge in [-0.15, -0.1) is 0 Å². The molecule has 4 nitrogen and oxygen atoms in total. The number of carbonyl (C=O) groups excluding carboxylic acids is 1. The van der Waals surface area contributed by atoms with Gasteiger partial charge >= 0.3 is 5.97 Å². The van der Waals surface area contributed by atoms with Crippen molar-refractivity contribution in [3.8, 4) is 0 Å². The number of carboxylic acid groups (broad SMARTS) is 1. The second-order valence-electron chi connectivity index (χ2n) is 5.56. The van der Waals surface area contributed by atoms with Crippen molar-refractivity contribution in [2.45, 2.75) is 38.6 Å². The Hall–Kier alpha value is -1.91. The van der Waals surface area contributed by atoms with Gasteiger partial charge in [-0.2, -0.15) is 0 Å². The number of carboxylic acids is 1. The summed E-state index contributed by atoms with van der Waals surface area (Å²) in [6.07, 6.45) is 2.23. The van der Waals surface area contributed by atoms with Crippen LogP contribution in [0.4, 0.5) is 4.39 Å². The molecule has 1 saturated heterocycles. The van der Waals surface area contributed by atoms with Gasteiger partial charge in [0.2, 0.25) is 5.91 Å². The van der Waals surface area contributed by atoms with Crippen LogP contribution in [0.25, 0.3) is 0 Å². The maximum absolute atomic E-state index is 13.5. The molecule has 2 atom stereocenters. The Morgan fingerprint density at radius 3 is 2.81 bits per heavy atom. The summed E-state index contributed by atoms with van der Waals surface area (Å²) in [5.74, 6) is -1.65. The van der Waals surface area contributed by atoms with Crippen molar-refractivity contribution < 1.29 is 19.1 Å². The summed E-state index contributed by atoms with van der Waals surface area (Å²) >= 11 is 0. The number of amides is 1. The van der Waals surface area contributed by atoms with E-state index in [1.165, 1.54) is 11.0 Å². The first-order valence-electron chi connectivity index (χ1n) is 7.27. The van der Waals surface area contributed by atoms with Crippen LogP contribution >= 0.6 is 0 Å². The monoisotopic (exact) mass is 293 g/mol. The van der Waals surface area contributed by atoms with E-state index in [1.54, 1.807) is 25.1 Å². The highest BCUT2D eigenvalue weighted by atomic mass is 19.1. The molecule has 1 aromatic rings. The van der Waals surface area contributed by atoms with Gasteiger partial charge in [0.05, 0.1) is 0 Å². The van der Waals surface area contributed by atoms with Crippen LogP contribution in [0, 0.1) is 11.7 Å². The van der Waals surface area contributed by atoms with Crippen LogP contribution in [0.5, 0.6) is 0 Å². The van der Waals surface area contributed by atoms with Crippen LogP contribution in [-0.4, -0.2) is 34.5 Å². The number of aryl methyl sites for hydroxylation is 1. The van der Waals surface area contributed by atoms with E-state index < -0.39 is 12.0 Å². The zero-order valence-corrected chi connectivity index (χ0v) is 12.1. The Morgan fingerprint density at radius 1 is 1.43 bits per heavy atom. The Morgan fingerprint density at radius 2 is 2.14 bits per heavy atom. The SMILES string of the molecule is C[C@@H](CCc1ccccc1F)C(=O)N1CCC[C@@H]1C(=O)O. The van der Waals surface area contributed by atoms with E-state index in [2.05, 4.69) is 0 Å². The first-order valence-corrected chi connectivity index (χ1v) is 7.27. The maximum atomic E-state index is 13.5. The lowest BCUT2D eigenvalue weighted by atomic mass is 9.99. The van der Waals surface area contributed by atoms with Gasteiger partial charge in [-0.05, 0) is 37.3 Å². The van der Waals surface area contributed by atoms with E-state index >= 15 is 0 Å². The van der Waals surface area contributed by atoms with E-state index in [4.69, 9.17) is 5.11 Å². The highest BCUT2D eigenvalue weighted by Gasteiger charge is 2.35. The molecule has 1 aliphatic heterocycles. The first kappa shape index (κ1) is 15.5. The van der Waals surface area contributed by atoms with Gasteiger partial charge < -0.3 is 10.0 Å². The number of rotatable bonds is 5. The van der Waals surface area contributed by atoms with Gasteiger partial charge in [0, 0.05) is 12.5 Å². The molecule has 1 N–H and O–H groups in total. The minimum atomic E-state index is -0.942. The zero-order chi connectivity index (χ0) is 15.4. The van der Waals surface area contributed by atoms with Gasteiger partial charge in [0.15, 0.2) is 0 Å². The molecular formula is C16H20FNO3. The second kappa shape index (κ2) is 6.70. The van der Waals surface area contributed by atoms with Crippen molar-refractivity contribution in [1.29, 1.82) is 0 Å². The molecule has 114 valence electrons. The second-order valence-corrected chi connectivity index (χ2v) is 5.56. The summed E-state index contributed by atoms with van der Waals surface area (Å²) in [6, 6.07) is 5.82. The molecule has 2 rings (SSSR count). The molecule has 1 amide bonds. The Bertz CT molecular complexity index is 532. The van der Waals surface area contributed by atoms with Crippen molar-refractivity contribution in [3.63, 3.8) is 0 Å². The Balaban J connectivity index is 1.94. The fourth-order valence-corrected chi connectivity index (χ4v) is 2.77. The minimum absolute atomic E-state index is 0.142. The molecule has 5 heteroatoms. The normalized spacial score (nSPS) is 19.5. The van der Waals surface area contributed by atoms with Gasteiger partial charge in [-0.25, -0.2) is 9.18 Å². The Kier molecular flexibility index (Phi) is 4.94. The average Bonchev–Trinajstić information content (AvgIpc) is 2.95. The minimum Gasteiger partial charge on any atom is -0.480 e. The number of aliphatic carboxylic acids is 1. The van der Waals surface area contributed by atoms with Crippen molar-refractivity contribution in [2.75, 3.05) is 6.54 Å². The van der Waals surface area contributed by atoms with Crippen LogP contribution in [0.2, 0.25) is 0 Å². The van der Waals surface area contributed by atoms with Crippen molar-refractivity contribution in [3.05, 3.63) is 35.6 Å². The molecule has 1 heterocycles. The standard InChI is InChI=1S/C16H20FNO3/c1-11(8-9-12-5-2-3-6-13(12)17)15(19)18-10-4-7-14(18)16(20)21/h2-3,5-6,11,14H,4,7-10H2,1H3,(H,20,21)/t11-,14+/m0/s1. The number of nitrogens with zero attached hydrogens (tertiary/aromatic N) is 1. The van der Waals surface area contributed by atoms with Crippen LogP contribution in [0.1, 0.15) is 31.7 Å². The molecule has 0 spiro atoms. The molecule has 1 aliphatic rings. The molecule has 0 aromatic heterocycles. The third-order valence-electron chi connectivity index (χ3n) is 4.05. The van der Waals surface area contributed by atoms with E-state index in [9.17, 15) is 14.0 Å². The third kappa shape index (κ3) is 3.60. The third-order valence-corrected chi connectivity index (χ3v) is 4.05. The Labute approximate surface area is 123 Å². The smallest absolute Gasteiger partial charge is 0.326 e. The van der Waals surface area contributed by atoms with E-state index in [1.807, 2.05) is 0 Å². The first-order chi connectivity index (χ1) is 10.0. The predicted molar refractivity (Wildman–Crippen MR) is 76.3 cm³/mol. The molecule has 21 heavy (non-hydrogen) atoms. The summed E-state index contributed by atoms with van der Waals surface area (Å²) in [4.78, 5) is 24.9. The van der Waals surface area contributed by atoms with Crippen molar-refractivity contribution >= 4 is 11.9 Å². The number of carbonyl (C=O) groups is 2. The van der Waals surface area contributed by atoms with Crippen LogP contribution in [-0.2, 0) is 16.0 Å². The zero-order valence-electron chi connectivity index (χ0n) is 12.1. The molecule has 0 aliphatic carbocycles. The van der Waals surface area contributed by atoms with Gasteiger partial charge in [-0.1, -0.05) is 25.1 Å². The summed E-state index contributed by atoms with van der Waals surface area (Å²) in [6.45, 7) is 2.28. The van der Waals surface area contributed by atoms with E-state index in [0.717, 1.165) is 6.42 Å². The molecule has 0 unspecified atom stereocenters. The highest BCUT2D eigenvalue weighted by Crippen LogP contribution is 2.22. The maximum Gasteiger partial charge on any atom is 0.326 e. The van der Waals surface area contributed by atoms with Crippen LogP contribution in [0.15, 0.2) is 24.3 Å². The van der Waals surface area contributed by atoms with Crippen LogP contribution < -0.4 is 0 Å². The fraction of sp³-hybridized carbons (Fsp3) is 0.500. The molecule has 0 radical (unpaired) electrons. The number of halogens is 1. The summed E-state index contributed by atoms with van der Waals surface area (Å²) in [5, 5.41) is 9.12. The summed E-state index contributed by atoms with van der Waals surface area (Å²) in [5.41, 5.74) is 0.591. The number of likely N-dealkylation sites (tertiary alicyclic amines) is 1. The molecule has 0 bridgehead atoms. The van der Waals surface area contributed by atoms with Gasteiger partial charge in [-0.3, -0.25) is 4.79 Å². The van der Waals surface area contributed by atoms with Gasteiger partial charge in [0.25, 0.3) is 0 Å². The molecule has 0 saturated carbocycles. The fourth-order valence-electron chi connectivity index (χ4n) is 2.77. The average molecular weight is 293 g/mol. The summed E-state index contributed by atoms with van der Waals surface area (Å²) < 4.78 is 13.5. The molecule has 1 aromatic carbocycles. The number of benzene rings is 1. The molecular weight excluding hydrogens is 273 g/mol. The highest BCUT2D eigenvalue weighted by molar-refractivity contribution is 5.85. The van der Waals surface area contributed by atoms with Crippen molar-refractivity contribution in [1.82, 2.24) is 4.90 Å². The quantitative estimate of drug-likeness (QED) is 0.907. The van der Waals surface area contributed by atoms with Crippen LogP contribution in [0.3, 0.4) is 0 Å². The van der Waals surface area contributed by atoms with Crippen molar-refractivity contribution in [2.24, 2.45) is 5.92 Å². The lowest BCUT2D eigenvalue weighted by Crippen LogP contribution is -2.43. The topological polar surface area (TPSA) is 57.6 Å². The van der Waals surface area contributed by atoms with Gasteiger partial charge in [0.1, 0.15) is 11.9 Å². The number of hydrogen-bond acceptors (Lipinski definition) is 2. The molecule has 1 fully saturated rings. The lowest BCUT2D eigenvalue weighted by Gasteiger charge is -2.25. The van der Waals surface area contributed by atoms with E-state index in [0.29, 0.717) is 31.4 Å². The largest absolute Gasteiger partial charge is 0.480 e. The summed E-state index contributed by atoms with van der Waals surface area (Å²) in [7, 11) is 0. The number of hydrogen-bond donors (Lipinski definition) is 1. The lowest BCUT2D eigenvalue weighted by molar-refractivity contribution is -0.149. The predicted octanol–water partition coefficient (Wildman–Crippen LogP) is 2.47. The van der Waals surface area contributed by atoms with E-state index in [-0.39, 0.29) is 17.6 Å².